The molecule has 2 aromatic carbocycles. The van der Waals surface area contributed by atoms with Crippen molar-refractivity contribution >= 4 is 22.7 Å². The molecule has 8 nitrogen and oxygen atoms in total. The van der Waals surface area contributed by atoms with Gasteiger partial charge in [-0.1, -0.05) is 19.9 Å². The normalized spacial score (nSPS) is 11.9. The van der Waals surface area contributed by atoms with Gasteiger partial charge in [0.2, 0.25) is 10.0 Å². The molecule has 1 heterocycles. The van der Waals surface area contributed by atoms with Gasteiger partial charge in [-0.15, -0.1) is 22.8 Å². The lowest BCUT2D eigenvalue weighted by atomic mass is 9.98. The minimum atomic E-state index is -3.90. The highest BCUT2D eigenvalue weighted by Crippen LogP contribution is 2.38. The van der Waals surface area contributed by atoms with Crippen molar-refractivity contribution in [3.8, 4) is 28.6 Å². The Bertz CT molecular complexity index is 1120. The topological polar surface area (TPSA) is 131 Å². The van der Waals surface area contributed by atoms with E-state index in [0.29, 0.717) is 16.8 Å². The number of sulfonamides is 1. The first-order valence-electron chi connectivity index (χ1n) is 7.93. The largest absolute Gasteiger partial charge is 0.508 e. The molecule has 0 radical (unpaired) electrons. The van der Waals surface area contributed by atoms with Crippen molar-refractivity contribution in [2.45, 2.75) is 29.8 Å². The quantitative estimate of drug-likeness (QED) is 0.492. The number of primary sulfonamides is 1. The van der Waals surface area contributed by atoms with E-state index in [1.165, 1.54) is 28.8 Å². The van der Waals surface area contributed by atoms with Gasteiger partial charge in [0.15, 0.2) is 11.0 Å². The number of aromatic nitrogens is 3. The lowest BCUT2D eigenvalue weighted by Crippen LogP contribution is -2.12. The van der Waals surface area contributed by atoms with Gasteiger partial charge in [0.25, 0.3) is 0 Å². The van der Waals surface area contributed by atoms with E-state index in [9.17, 15) is 18.6 Å². The Morgan fingerprint density at radius 3 is 2.44 bits per heavy atom. The van der Waals surface area contributed by atoms with Crippen LogP contribution in [0.15, 0.2) is 46.5 Å². The van der Waals surface area contributed by atoms with Crippen LogP contribution in [0.3, 0.4) is 0 Å². The van der Waals surface area contributed by atoms with E-state index < -0.39 is 10.0 Å². The van der Waals surface area contributed by atoms with E-state index >= 15 is 0 Å². The van der Waals surface area contributed by atoms with Crippen molar-refractivity contribution in [3.63, 3.8) is 0 Å². The summed E-state index contributed by atoms with van der Waals surface area (Å²) in [6.07, 6.45) is 0. The molecule has 0 amide bonds. The maximum atomic E-state index is 11.7. The minimum absolute atomic E-state index is 0.00176. The molecule has 3 aromatic rings. The lowest BCUT2D eigenvalue weighted by molar-refractivity contribution is 0.444. The van der Waals surface area contributed by atoms with Crippen LogP contribution in [0, 0.1) is 0 Å². The van der Waals surface area contributed by atoms with Gasteiger partial charge in [0.1, 0.15) is 11.5 Å². The molecule has 0 aliphatic rings. The first-order chi connectivity index (χ1) is 12.6. The van der Waals surface area contributed by atoms with Crippen LogP contribution in [0.2, 0.25) is 0 Å². The van der Waals surface area contributed by atoms with E-state index in [2.05, 4.69) is 22.8 Å². The maximum absolute atomic E-state index is 11.7. The van der Waals surface area contributed by atoms with Gasteiger partial charge < -0.3 is 10.2 Å². The van der Waals surface area contributed by atoms with Gasteiger partial charge in [0.05, 0.1) is 16.1 Å². The Morgan fingerprint density at radius 2 is 1.81 bits per heavy atom. The number of benzene rings is 2. The van der Waals surface area contributed by atoms with Crippen LogP contribution in [-0.2, 0) is 10.0 Å². The van der Waals surface area contributed by atoms with Crippen molar-refractivity contribution in [1.29, 1.82) is 0 Å². The Kier molecular flexibility index (Phi) is 4.89. The molecule has 0 aliphatic carbocycles. The fraction of sp³-hybridized carbons (Fsp3) is 0.176. The van der Waals surface area contributed by atoms with Crippen LogP contribution in [0.1, 0.15) is 25.3 Å². The number of hydrogen-bond donors (Lipinski definition) is 4. The highest BCUT2D eigenvalue weighted by Gasteiger charge is 2.20. The third-order valence-corrected chi connectivity index (χ3v) is 5.26. The van der Waals surface area contributed by atoms with E-state index in [1.807, 2.05) is 13.8 Å². The summed E-state index contributed by atoms with van der Waals surface area (Å²) < 4.78 is 24.8. The molecule has 27 heavy (non-hydrogen) atoms. The van der Waals surface area contributed by atoms with Crippen molar-refractivity contribution in [2.75, 3.05) is 0 Å². The van der Waals surface area contributed by atoms with Crippen molar-refractivity contribution in [3.05, 3.63) is 42.0 Å². The zero-order valence-electron chi connectivity index (χ0n) is 14.5. The van der Waals surface area contributed by atoms with Crippen molar-refractivity contribution in [1.82, 2.24) is 14.8 Å². The summed E-state index contributed by atoms with van der Waals surface area (Å²) in [6.45, 7) is 3.81. The third-order valence-electron chi connectivity index (χ3n) is 4.06. The Labute approximate surface area is 161 Å². The van der Waals surface area contributed by atoms with Crippen molar-refractivity contribution < 1.29 is 18.6 Å². The molecule has 0 bridgehead atoms. The third kappa shape index (κ3) is 3.64. The second-order valence-corrected chi connectivity index (χ2v) is 8.25. The highest BCUT2D eigenvalue weighted by molar-refractivity contribution is 7.89. The first-order valence-corrected chi connectivity index (χ1v) is 9.92. The van der Waals surface area contributed by atoms with Gasteiger partial charge in [-0.2, -0.15) is 0 Å². The number of rotatable bonds is 4. The Morgan fingerprint density at radius 1 is 1.11 bits per heavy atom. The van der Waals surface area contributed by atoms with E-state index in [0.717, 1.165) is 0 Å². The molecule has 1 aromatic heterocycles. The van der Waals surface area contributed by atoms with E-state index in [4.69, 9.17) is 5.14 Å². The van der Waals surface area contributed by atoms with Crippen LogP contribution < -0.4 is 5.14 Å². The highest BCUT2D eigenvalue weighted by atomic mass is 32.2. The number of nitrogens with zero attached hydrogens (tertiary/aromatic N) is 3. The minimum Gasteiger partial charge on any atom is -0.508 e. The maximum Gasteiger partial charge on any atom is 0.238 e. The monoisotopic (exact) mass is 406 g/mol. The number of nitrogens with two attached hydrogens (primary N) is 1. The first kappa shape index (κ1) is 19.2. The van der Waals surface area contributed by atoms with E-state index in [-0.39, 0.29) is 33.3 Å². The van der Waals surface area contributed by atoms with Gasteiger partial charge in [0, 0.05) is 6.07 Å². The summed E-state index contributed by atoms with van der Waals surface area (Å²) in [7, 11) is -3.90. The molecule has 0 fully saturated rings. The Balaban J connectivity index is 2.25. The summed E-state index contributed by atoms with van der Waals surface area (Å²) >= 11 is 4.29. The average molecular weight is 406 g/mol. The number of hydrogen-bond acceptors (Lipinski definition) is 7. The van der Waals surface area contributed by atoms with Gasteiger partial charge >= 0.3 is 0 Å². The van der Waals surface area contributed by atoms with Crippen molar-refractivity contribution in [2.24, 2.45) is 5.14 Å². The predicted molar refractivity (Wildman–Crippen MR) is 103 cm³/mol. The molecule has 10 heteroatoms. The number of aromatic hydroxyl groups is 2. The number of phenolic OH excluding ortho intramolecular Hbond substituents is 2. The van der Waals surface area contributed by atoms with Gasteiger partial charge in [-0.05, 0) is 35.7 Å². The second-order valence-electron chi connectivity index (χ2n) is 6.28. The van der Waals surface area contributed by atoms with Gasteiger partial charge in [-0.25, -0.2) is 13.6 Å². The van der Waals surface area contributed by atoms with Crippen LogP contribution >= 0.6 is 12.6 Å². The summed E-state index contributed by atoms with van der Waals surface area (Å²) in [4.78, 5) is -0.0785. The molecule has 0 saturated heterocycles. The van der Waals surface area contributed by atoms with Crippen LogP contribution in [0.4, 0.5) is 0 Å². The summed E-state index contributed by atoms with van der Waals surface area (Å²) in [6, 6.07) is 8.76. The lowest BCUT2D eigenvalue weighted by Gasteiger charge is -2.14. The summed E-state index contributed by atoms with van der Waals surface area (Å²) in [5.41, 5.74) is 1.35. The molecule has 0 saturated carbocycles. The zero-order chi connectivity index (χ0) is 19.9. The van der Waals surface area contributed by atoms with Gasteiger partial charge in [-0.3, -0.25) is 4.57 Å². The van der Waals surface area contributed by atoms with Crippen LogP contribution in [0.5, 0.6) is 11.5 Å². The Hall–Kier alpha value is -2.56. The number of phenols is 2. The standard InChI is InChI=1S/C17H18N4O4S2/c1-9(2)12-7-13(15(23)8-14(12)22)16-19-20-17(26)21(16)10-4-3-5-11(6-10)27(18,24)25/h3-9,22-23H,1-2H3,(H,20,26)(H2,18,24,25). The molecule has 0 unspecified atom stereocenters. The van der Waals surface area contributed by atoms with Crippen LogP contribution in [0.25, 0.3) is 17.1 Å². The molecule has 142 valence electrons. The number of thiol groups is 1. The molecule has 4 N–H and O–H groups in total. The second kappa shape index (κ2) is 6.87. The SMILES string of the molecule is CC(C)c1cc(-c2nnc(S)n2-c2cccc(S(N)(=O)=O)c2)c(O)cc1O. The predicted octanol–water partition coefficient (Wildman–Crippen LogP) is 2.40. The smallest absolute Gasteiger partial charge is 0.238 e. The fourth-order valence-electron chi connectivity index (χ4n) is 2.72. The molecular formula is C17H18N4O4S2. The average Bonchev–Trinajstić information content (AvgIpc) is 2.95. The zero-order valence-corrected chi connectivity index (χ0v) is 16.2. The molecule has 0 aliphatic heterocycles. The van der Waals surface area contributed by atoms with E-state index in [1.54, 1.807) is 12.1 Å². The molecule has 0 atom stereocenters. The molecular weight excluding hydrogens is 388 g/mol. The summed E-state index contributed by atoms with van der Waals surface area (Å²) in [5, 5.41) is 33.8. The summed E-state index contributed by atoms with van der Waals surface area (Å²) in [5.74, 6) is 0.0222. The fourth-order valence-corrected chi connectivity index (χ4v) is 3.53. The van der Waals surface area contributed by atoms with Crippen LogP contribution in [-0.4, -0.2) is 33.4 Å². The molecule has 0 spiro atoms. The molecule has 3 rings (SSSR count).